The van der Waals surface area contributed by atoms with Crippen LogP contribution in [0.3, 0.4) is 0 Å². The Balaban J connectivity index is 1.67. The van der Waals surface area contributed by atoms with Gasteiger partial charge in [0.2, 0.25) is 5.82 Å². The summed E-state index contributed by atoms with van der Waals surface area (Å²) < 4.78 is 19.0. The molecule has 0 unspecified atom stereocenters. The van der Waals surface area contributed by atoms with Crippen molar-refractivity contribution in [3.8, 4) is 22.8 Å². The van der Waals surface area contributed by atoms with E-state index in [1.54, 1.807) is 19.1 Å². The van der Waals surface area contributed by atoms with Crippen molar-refractivity contribution < 1.29 is 8.91 Å². The zero-order valence-electron chi connectivity index (χ0n) is 14.7. The van der Waals surface area contributed by atoms with E-state index in [4.69, 9.17) is 10.3 Å². The minimum absolute atomic E-state index is 0.244. The lowest BCUT2D eigenvalue weighted by atomic mass is 10.0. The highest BCUT2D eigenvalue weighted by Gasteiger charge is 2.21. The first-order valence-corrected chi connectivity index (χ1v) is 8.82. The fourth-order valence-corrected chi connectivity index (χ4v) is 3.30. The van der Waals surface area contributed by atoms with Gasteiger partial charge in [-0.15, -0.1) is 0 Å². The number of rotatable bonds is 3. The van der Waals surface area contributed by atoms with Gasteiger partial charge in [0.1, 0.15) is 5.82 Å². The van der Waals surface area contributed by atoms with Crippen molar-refractivity contribution in [2.75, 3.05) is 18.0 Å². The third-order valence-electron chi connectivity index (χ3n) is 4.86. The summed E-state index contributed by atoms with van der Waals surface area (Å²) in [7, 11) is 0. The van der Waals surface area contributed by atoms with Crippen molar-refractivity contribution in [3.63, 3.8) is 0 Å². The molecule has 2 aromatic carbocycles. The van der Waals surface area contributed by atoms with E-state index in [2.05, 4.69) is 21.1 Å². The predicted octanol–water partition coefficient (Wildman–Crippen LogP) is 3.78. The quantitative estimate of drug-likeness (QED) is 0.777. The molecule has 1 aliphatic heterocycles. The molecule has 1 aromatic heterocycles. The normalized spacial score (nSPS) is 15.4. The van der Waals surface area contributed by atoms with E-state index in [0.717, 1.165) is 42.7 Å². The molecule has 6 heteroatoms. The van der Waals surface area contributed by atoms with Gasteiger partial charge in [-0.1, -0.05) is 17.3 Å². The van der Waals surface area contributed by atoms with Crippen LogP contribution in [0.1, 0.15) is 18.4 Å². The van der Waals surface area contributed by atoms with E-state index >= 15 is 0 Å². The molecule has 2 N–H and O–H groups in total. The van der Waals surface area contributed by atoms with Crippen molar-refractivity contribution in [3.05, 3.63) is 53.8 Å². The molecule has 5 nitrogen and oxygen atoms in total. The number of aryl methyl sites for hydroxylation is 1. The SMILES string of the molecule is Cc1cc(-c2noc(-c3ccccc3N3CCC(N)CC3)n2)ccc1F. The number of nitrogens with two attached hydrogens (primary N) is 1. The van der Waals surface area contributed by atoms with Crippen LogP contribution in [-0.2, 0) is 0 Å². The molecule has 0 spiro atoms. The number of hydrogen-bond donors (Lipinski definition) is 1. The number of hydrogen-bond acceptors (Lipinski definition) is 5. The minimum Gasteiger partial charge on any atom is -0.371 e. The van der Waals surface area contributed by atoms with Crippen LogP contribution in [0.2, 0.25) is 0 Å². The fraction of sp³-hybridized carbons (Fsp3) is 0.300. The molecule has 1 fully saturated rings. The molecule has 26 heavy (non-hydrogen) atoms. The van der Waals surface area contributed by atoms with E-state index in [1.807, 2.05) is 18.2 Å². The van der Waals surface area contributed by atoms with E-state index in [0.29, 0.717) is 17.3 Å². The summed E-state index contributed by atoms with van der Waals surface area (Å²) in [6.07, 6.45) is 1.94. The summed E-state index contributed by atoms with van der Waals surface area (Å²) in [5, 5.41) is 4.08. The van der Waals surface area contributed by atoms with Crippen molar-refractivity contribution in [2.45, 2.75) is 25.8 Å². The molecule has 0 saturated carbocycles. The summed E-state index contributed by atoms with van der Waals surface area (Å²) >= 11 is 0. The van der Waals surface area contributed by atoms with Crippen molar-refractivity contribution >= 4 is 5.69 Å². The van der Waals surface area contributed by atoms with Gasteiger partial charge < -0.3 is 15.2 Å². The summed E-state index contributed by atoms with van der Waals surface area (Å²) in [5.74, 6) is 0.678. The van der Waals surface area contributed by atoms with Gasteiger partial charge in [0, 0.05) is 30.4 Å². The summed E-state index contributed by atoms with van der Waals surface area (Å²) in [4.78, 5) is 6.85. The zero-order chi connectivity index (χ0) is 18.1. The number of para-hydroxylation sites is 1. The highest BCUT2D eigenvalue weighted by Crippen LogP contribution is 2.32. The summed E-state index contributed by atoms with van der Waals surface area (Å²) in [6, 6.07) is 13.1. The van der Waals surface area contributed by atoms with Crippen molar-refractivity contribution in [2.24, 2.45) is 5.73 Å². The monoisotopic (exact) mass is 352 g/mol. The van der Waals surface area contributed by atoms with Gasteiger partial charge in [-0.25, -0.2) is 4.39 Å². The fourth-order valence-electron chi connectivity index (χ4n) is 3.30. The molecule has 0 amide bonds. The van der Waals surface area contributed by atoms with Crippen LogP contribution >= 0.6 is 0 Å². The van der Waals surface area contributed by atoms with E-state index < -0.39 is 0 Å². The van der Waals surface area contributed by atoms with Gasteiger partial charge >= 0.3 is 0 Å². The van der Waals surface area contributed by atoms with E-state index in [-0.39, 0.29) is 11.9 Å². The van der Waals surface area contributed by atoms with E-state index in [9.17, 15) is 4.39 Å². The maximum absolute atomic E-state index is 13.5. The first-order valence-electron chi connectivity index (χ1n) is 8.82. The molecule has 0 atom stereocenters. The number of anilines is 1. The van der Waals surface area contributed by atoms with Crippen LogP contribution in [0.5, 0.6) is 0 Å². The number of benzene rings is 2. The second-order valence-electron chi connectivity index (χ2n) is 6.73. The molecule has 134 valence electrons. The molecule has 3 aromatic rings. The third-order valence-corrected chi connectivity index (χ3v) is 4.86. The Morgan fingerprint density at radius 1 is 1.15 bits per heavy atom. The Labute approximate surface area is 151 Å². The van der Waals surface area contributed by atoms with E-state index in [1.165, 1.54) is 6.07 Å². The number of halogens is 1. The smallest absolute Gasteiger partial charge is 0.260 e. The predicted molar refractivity (Wildman–Crippen MR) is 99.3 cm³/mol. The lowest BCUT2D eigenvalue weighted by Crippen LogP contribution is -2.39. The van der Waals surface area contributed by atoms with Gasteiger partial charge in [0.15, 0.2) is 0 Å². The number of nitrogens with zero attached hydrogens (tertiary/aromatic N) is 3. The van der Waals surface area contributed by atoms with Crippen molar-refractivity contribution in [1.82, 2.24) is 10.1 Å². The lowest BCUT2D eigenvalue weighted by molar-refractivity contribution is 0.432. The van der Waals surface area contributed by atoms with Crippen LogP contribution in [0.4, 0.5) is 10.1 Å². The molecule has 0 aliphatic carbocycles. The third kappa shape index (κ3) is 3.20. The van der Waals surface area contributed by atoms with Gasteiger partial charge in [-0.2, -0.15) is 4.98 Å². The van der Waals surface area contributed by atoms with Crippen LogP contribution in [0.15, 0.2) is 47.0 Å². The van der Waals surface area contributed by atoms with Crippen molar-refractivity contribution in [1.29, 1.82) is 0 Å². The average molecular weight is 352 g/mol. The van der Waals surface area contributed by atoms with Gasteiger partial charge in [-0.3, -0.25) is 0 Å². The molecular formula is C20H21FN4O. The van der Waals surface area contributed by atoms with Crippen LogP contribution in [0.25, 0.3) is 22.8 Å². The van der Waals surface area contributed by atoms with Crippen LogP contribution in [-0.4, -0.2) is 29.3 Å². The van der Waals surface area contributed by atoms with Gasteiger partial charge in [0.25, 0.3) is 5.89 Å². The Kier molecular flexibility index (Phi) is 4.42. The number of piperidine rings is 1. The molecule has 0 radical (unpaired) electrons. The van der Waals surface area contributed by atoms with Crippen LogP contribution in [0, 0.1) is 12.7 Å². The molecule has 2 heterocycles. The average Bonchev–Trinajstić information content (AvgIpc) is 3.15. The first-order chi connectivity index (χ1) is 12.6. The largest absolute Gasteiger partial charge is 0.371 e. The Morgan fingerprint density at radius 3 is 2.69 bits per heavy atom. The highest BCUT2D eigenvalue weighted by molar-refractivity contribution is 5.74. The molecule has 4 rings (SSSR count). The maximum atomic E-state index is 13.5. The molecule has 1 saturated heterocycles. The zero-order valence-corrected chi connectivity index (χ0v) is 14.7. The number of aromatic nitrogens is 2. The summed E-state index contributed by atoms with van der Waals surface area (Å²) in [5.41, 5.74) is 9.29. The summed E-state index contributed by atoms with van der Waals surface area (Å²) in [6.45, 7) is 3.54. The molecule has 0 bridgehead atoms. The first kappa shape index (κ1) is 16.7. The second-order valence-corrected chi connectivity index (χ2v) is 6.73. The Bertz CT molecular complexity index is 916. The highest BCUT2D eigenvalue weighted by atomic mass is 19.1. The van der Waals surface area contributed by atoms with Crippen LogP contribution < -0.4 is 10.6 Å². The maximum Gasteiger partial charge on any atom is 0.260 e. The minimum atomic E-state index is -0.244. The molecule has 1 aliphatic rings. The van der Waals surface area contributed by atoms with Gasteiger partial charge in [-0.05, 0) is 55.7 Å². The topological polar surface area (TPSA) is 68.2 Å². The lowest BCUT2D eigenvalue weighted by Gasteiger charge is -2.32. The Morgan fingerprint density at radius 2 is 1.92 bits per heavy atom. The molecular weight excluding hydrogens is 331 g/mol. The standard InChI is InChI=1S/C20H21FN4O/c1-13-12-14(6-7-17(13)21)19-23-20(26-24-19)16-4-2-3-5-18(16)25-10-8-15(22)9-11-25/h2-7,12,15H,8-11,22H2,1H3. The van der Waals surface area contributed by atoms with Gasteiger partial charge in [0.05, 0.1) is 5.56 Å². The second kappa shape index (κ2) is 6.88. The Hall–Kier alpha value is -2.73.